The SMILES string of the molecule is CC(C)(C)c1ccc(N2B3c4cc5sc6ccccc6c5cc4-n4c5ccc(C(C)(C)C)cc5c5c6c(oc7ccccc76)c(c3c54)-c3cc4c(cc32)C(C)(C)c2ccccc2-4)cc1. The predicted octanol–water partition coefficient (Wildman–Crippen LogP) is 15.2. The maximum Gasteiger partial charge on any atom is 0.333 e. The van der Waals surface area contributed by atoms with Gasteiger partial charge in [0.2, 0.25) is 0 Å². The van der Waals surface area contributed by atoms with E-state index in [2.05, 4.69) is 204 Å². The number of para-hydroxylation sites is 1. The molecule has 5 heteroatoms. The number of nitrogens with zero attached hydrogens (tertiary/aromatic N) is 2. The number of furan rings is 1. The molecule has 11 aromatic rings. The molecule has 64 heavy (non-hydrogen) atoms. The first-order valence-corrected chi connectivity index (χ1v) is 23.7. The summed E-state index contributed by atoms with van der Waals surface area (Å²) in [6.07, 6.45) is 0. The number of fused-ring (bicyclic) bond motifs is 19. The zero-order valence-electron chi connectivity index (χ0n) is 37.6. The number of benzene rings is 8. The monoisotopic (exact) mass is 842 g/mol. The zero-order valence-corrected chi connectivity index (χ0v) is 38.4. The van der Waals surface area contributed by atoms with Gasteiger partial charge in [-0.2, -0.15) is 0 Å². The Bertz CT molecular complexity index is 3900. The second-order valence-corrected chi connectivity index (χ2v) is 22.4. The molecular weight excluding hydrogens is 796 g/mol. The molecule has 3 nitrogen and oxygen atoms in total. The third-order valence-electron chi connectivity index (χ3n) is 15.3. The van der Waals surface area contributed by atoms with E-state index in [4.69, 9.17) is 4.42 Å². The molecule has 1 aliphatic carbocycles. The maximum atomic E-state index is 7.34. The fourth-order valence-corrected chi connectivity index (χ4v) is 13.2. The van der Waals surface area contributed by atoms with Crippen LogP contribution in [0.4, 0.5) is 11.4 Å². The lowest BCUT2D eigenvalue weighted by Crippen LogP contribution is -2.60. The number of aromatic nitrogens is 1. The van der Waals surface area contributed by atoms with Crippen LogP contribution in [0.25, 0.3) is 91.9 Å². The summed E-state index contributed by atoms with van der Waals surface area (Å²) in [4.78, 5) is 2.71. The van der Waals surface area contributed by atoms with Crippen molar-refractivity contribution < 1.29 is 4.42 Å². The highest BCUT2D eigenvalue weighted by Gasteiger charge is 2.48. The van der Waals surface area contributed by atoms with E-state index < -0.39 is 0 Å². The summed E-state index contributed by atoms with van der Waals surface area (Å²) in [5.41, 5.74) is 21.0. The van der Waals surface area contributed by atoms with Crippen LogP contribution in [-0.2, 0) is 16.2 Å². The molecule has 5 heterocycles. The van der Waals surface area contributed by atoms with Crippen LogP contribution in [0.1, 0.15) is 77.6 Å². The van der Waals surface area contributed by atoms with E-state index in [1.807, 2.05) is 11.3 Å². The number of hydrogen-bond donors (Lipinski definition) is 0. The molecule has 0 bridgehead atoms. The van der Waals surface area contributed by atoms with Crippen molar-refractivity contribution in [1.82, 2.24) is 4.57 Å². The van der Waals surface area contributed by atoms with Crippen LogP contribution in [0.3, 0.4) is 0 Å². The second kappa shape index (κ2) is 12.0. The minimum atomic E-state index is -0.174. The van der Waals surface area contributed by atoms with E-state index in [-0.39, 0.29) is 23.1 Å². The van der Waals surface area contributed by atoms with Crippen molar-refractivity contribution in [3.05, 3.63) is 162 Å². The highest BCUT2D eigenvalue weighted by atomic mass is 32.1. The minimum absolute atomic E-state index is 0.0255. The summed E-state index contributed by atoms with van der Waals surface area (Å²) in [5.74, 6) is 0. The lowest BCUT2D eigenvalue weighted by molar-refractivity contribution is 0.590. The van der Waals surface area contributed by atoms with E-state index in [0.717, 1.165) is 16.6 Å². The molecule has 0 radical (unpaired) electrons. The van der Waals surface area contributed by atoms with Crippen molar-refractivity contribution in [2.24, 2.45) is 0 Å². The van der Waals surface area contributed by atoms with E-state index in [9.17, 15) is 0 Å². The van der Waals surface area contributed by atoms with Crippen molar-refractivity contribution in [3.8, 4) is 27.9 Å². The smallest absolute Gasteiger partial charge is 0.333 e. The first kappa shape index (κ1) is 36.9. The lowest BCUT2D eigenvalue weighted by atomic mass is 9.43. The molecule has 308 valence electrons. The normalized spacial score (nSPS) is 14.9. The Morgan fingerprint density at radius 3 is 2.08 bits per heavy atom. The largest absolute Gasteiger partial charge is 0.455 e. The Kier molecular flexibility index (Phi) is 6.89. The lowest BCUT2D eigenvalue weighted by Gasteiger charge is -2.42. The Labute approximate surface area is 377 Å². The highest BCUT2D eigenvalue weighted by molar-refractivity contribution is 7.26. The minimum Gasteiger partial charge on any atom is -0.455 e. The van der Waals surface area contributed by atoms with Crippen molar-refractivity contribution in [2.75, 3.05) is 4.81 Å². The quantitative estimate of drug-likeness (QED) is 0.154. The van der Waals surface area contributed by atoms with E-state index in [1.54, 1.807) is 0 Å². The van der Waals surface area contributed by atoms with Gasteiger partial charge < -0.3 is 13.8 Å². The Morgan fingerprint density at radius 1 is 0.562 bits per heavy atom. The number of hydrogen-bond acceptors (Lipinski definition) is 3. The van der Waals surface area contributed by atoms with Gasteiger partial charge in [0.1, 0.15) is 11.2 Å². The van der Waals surface area contributed by atoms with Gasteiger partial charge in [-0.25, -0.2) is 0 Å². The van der Waals surface area contributed by atoms with Gasteiger partial charge in [-0.15, -0.1) is 11.3 Å². The third kappa shape index (κ3) is 4.58. The third-order valence-corrected chi connectivity index (χ3v) is 16.4. The average molecular weight is 843 g/mol. The Morgan fingerprint density at radius 2 is 1.28 bits per heavy atom. The van der Waals surface area contributed by atoms with Gasteiger partial charge in [0.05, 0.1) is 11.0 Å². The van der Waals surface area contributed by atoms with Crippen molar-refractivity contribution >= 4 is 104 Å². The molecular formula is C59H47BN2OS. The maximum absolute atomic E-state index is 7.34. The molecule has 2 aliphatic heterocycles. The van der Waals surface area contributed by atoms with Crippen LogP contribution >= 0.6 is 11.3 Å². The summed E-state index contributed by atoms with van der Waals surface area (Å²) in [6.45, 7) is 18.6. The van der Waals surface area contributed by atoms with Crippen LogP contribution in [0.15, 0.2) is 144 Å². The molecule has 8 aromatic carbocycles. The number of thiophene rings is 1. The zero-order chi connectivity index (χ0) is 43.3. The van der Waals surface area contributed by atoms with Crippen LogP contribution < -0.4 is 15.7 Å². The fourth-order valence-electron chi connectivity index (χ4n) is 12.1. The van der Waals surface area contributed by atoms with Gasteiger partial charge in [-0.3, -0.25) is 0 Å². The molecule has 0 atom stereocenters. The summed E-state index contributed by atoms with van der Waals surface area (Å²) in [5, 5.41) is 7.56. The van der Waals surface area contributed by atoms with Crippen molar-refractivity contribution in [1.29, 1.82) is 0 Å². The van der Waals surface area contributed by atoms with Crippen LogP contribution in [0.5, 0.6) is 0 Å². The van der Waals surface area contributed by atoms with Gasteiger partial charge >= 0.3 is 6.85 Å². The standard InChI is InChI=1S/C59H47BN2OS/c1-57(2,3)32-21-24-34(25-22-32)62-46-30-43-38(35-15-9-12-18-42(35)59(43,7)8)28-41(46)53-54-55-51(52-37-17-10-13-19-48(37)63-56(52)53)40-27-33(58(4,5)6)23-26-45(40)61(55)47-29-39-36-16-11-14-20-49(36)64-50(39)31-44(47)60(54)62/h9-31H,1-8H3. The topological polar surface area (TPSA) is 21.3 Å². The molecule has 0 saturated heterocycles. The summed E-state index contributed by atoms with van der Waals surface area (Å²) >= 11 is 1.91. The van der Waals surface area contributed by atoms with E-state index in [0.29, 0.717) is 0 Å². The van der Waals surface area contributed by atoms with Gasteiger partial charge in [0, 0.05) is 75.3 Å². The van der Waals surface area contributed by atoms with Crippen LogP contribution in [0.2, 0.25) is 0 Å². The summed E-state index contributed by atoms with van der Waals surface area (Å²) in [6, 6.07) is 53.6. The molecule has 0 unspecified atom stereocenters. The molecule has 0 spiro atoms. The predicted molar refractivity (Wildman–Crippen MR) is 275 cm³/mol. The fraction of sp³-hybridized carbons (Fsp3) is 0.186. The van der Waals surface area contributed by atoms with Gasteiger partial charge in [0.25, 0.3) is 0 Å². The Hall–Kier alpha value is -6.56. The Balaban J connectivity index is 1.23. The molecule has 14 rings (SSSR count). The van der Waals surface area contributed by atoms with Gasteiger partial charge in [0.15, 0.2) is 0 Å². The highest BCUT2D eigenvalue weighted by Crippen LogP contribution is 2.57. The van der Waals surface area contributed by atoms with Crippen molar-refractivity contribution in [2.45, 2.75) is 71.6 Å². The number of rotatable bonds is 1. The molecule has 3 aromatic heterocycles. The van der Waals surface area contributed by atoms with E-state index >= 15 is 0 Å². The molecule has 0 amide bonds. The molecule has 0 N–H and O–H groups in total. The van der Waals surface area contributed by atoms with Crippen molar-refractivity contribution in [3.63, 3.8) is 0 Å². The first-order valence-electron chi connectivity index (χ1n) is 22.9. The molecule has 0 fully saturated rings. The molecule has 3 aliphatic rings. The van der Waals surface area contributed by atoms with Gasteiger partial charge in [-0.05, 0) is 116 Å². The molecule has 0 saturated carbocycles. The summed E-state index contributed by atoms with van der Waals surface area (Å²) in [7, 11) is 0. The van der Waals surface area contributed by atoms with Crippen LogP contribution in [-0.4, -0.2) is 11.4 Å². The first-order chi connectivity index (χ1) is 30.8. The average Bonchev–Trinajstić information content (AvgIpc) is 4.00. The van der Waals surface area contributed by atoms with Gasteiger partial charge in [-0.1, -0.05) is 134 Å². The van der Waals surface area contributed by atoms with E-state index in [1.165, 1.54) is 120 Å². The van der Waals surface area contributed by atoms with Crippen LogP contribution in [0, 0.1) is 0 Å². The second-order valence-electron chi connectivity index (χ2n) is 21.3. The summed E-state index contributed by atoms with van der Waals surface area (Å²) < 4.78 is 12.6. The number of anilines is 2.